The molecule has 90 valence electrons. The lowest BCUT2D eigenvalue weighted by atomic mass is 10.1. The normalized spacial score (nSPS) is 12.1. The van der Waals surface area contributed by atoms with Gasteiger partial charge in [-0.25, -0.2) is 0 Å². The van der Waals surface area contributed by atoms with Crippen molar-refractivity contribution in [3.63, 3.8) is 0 Å². The Kier molecular flexibility index (Phi) is 5.05. The lowest BCUT2D eigenvalue weighted by Gasteiger charge is -2.03. The predicted molar refractivity (Wildman–Crippen MR) is 76.1 cm³/mol. The van der Waals surface area contributed by atoms with Gasteiger partial charge < -0.3 is 5.73 Å². The van der Waals surface area contributed by atoms with Crippen LogP contribution in [0.3, 0.4) is 0 Å². The van der Waals surface area contributed by atoms with Crippen LogP contribution in [0.5, 0.6) is 0 Å². The highest BCUT2D eigenvalue weighted by molar-refractivity contribution is 6.30. The van der Waals surface area contributed by atoms with Crippen LogP contribution >= 0.6 is 11.6 Å². The molecule has 0 aliphatic carbocycles. The number of hydrogen-bond acceptors (Lipinski definition) is 1. The van der Waals surface area contributed by atoms with E-state index in [1.165, 1.54) is 11.1 Å². The Morgan fingerprint density at radius 2 is 2.18 bits per heavy atom. The second-order valence-electron chi connectivity index (χ2n) is 4.14. The van der Waals surface area contributed by atoms with Crippen LogP contribution in [-0.4, -0.2) is 0 Å². The summed E-state index contributed by atoms with van der Waals surface area (Å²) in [6, 6.07) is 5.95. The number of hydrogen-bond donors (Lipinski definition) is 1. The summed E-state index contributed by atoms with van der Waals surface area (Å²) in [6.07, 6.45) is 6.86. The minimum Gasteiger partial charge on any atom is -0.399 e. The Labute approximate surface area is 108 Å². The van der Waals surface area contributed by atoms with Crippen molar-refractivity contribution in [2.24, 2.45) is 5.73 Å². The van der Waals surface area contributed by atoms with Crippen LogP contribution in [-0.2, 0) is 6.42 Å². The Morgan fingerprint density at radius 3 is 2.82 bits per heavy atom. The van der Waals surface area contributed by atoms with Gasteiger partial charge in [-0.05, 0) is 55.2 Å². The monoisotopic (exact) mass is 247 g/mol. The van der Waals surface area contributed by atoms with Crippen molar-refractivity contribution in [1.29, 1.82) is 0 Å². The molecule has 1 aromatic rings. The zero-order valence-corrected chi connectivity index (χ0v) is 11.1. The summed E-state index contributed by atoms with van der Waals surface area (Å²) in [7, 11) is 0. The van der Waals surface area contributed by atoms with Crippen molar-refractivity contribution in [3.05, 3.63) is 70.4 Å². The third-order valence-corrected chi connectivity index (χ3v) is 2.68. The van der Waals surface area contributed by atoms with Gasteiger partial charge in [0.1, 0.15) is 0 Å². The second-order valence-corrected chi connectivity index (χ2v) is 4.58. The standard InChI is InChI=1S/C15H18ClN/c1-11(9-13(3)17)5-4-6-14-10-15(16)8-7-12(14)2/h4-5,7-10H,3,6,17H2,1-2H3/b5-4-,11-9-. The molecule has 1 nitrogen and oxygen atoms in total. The van der Waals surface area contributed by atoms with Crippen LogP contribution in [0.25, 0.3) is 0 Å². The molecule has 0 radical (unpaired) electrons. The van der Waals surface area contributed by atoms with Crippen LogP contribution in [0, 0.1) is 6.92 Å². The molecule has 0 unspecified atom stereocenters. The Bertz CT molecular complexity index is 470. The zero-order valence-electron chi connectivity index (χ0n) is 10.3. The largest absolute Gasteiger partial charge is 0.399 e. The fourth-order valence-electron chi connectivity index (χ4n) is 1.57. The number of nitrogens with two attached hydrogens (primary N) is 1. The molecule has 0 saturated carbocycles. The van der Waals surface area contributed by atoms with Gasteiger partial charge >= 0.3 is 0 Å². The number of aryl methyl sites for hydroxylation is 1. The van der Waals surface area contributed by atoms with Gasteiger partial charge in [-0.1, -0.05) is 36.4 Å². The molecule has 17 heavy (non-hydrogen) atoms. The van der Waals surface area contributed by atoms with E-state index in [4.69, 9.17) is 17.3 Å². The van der Waals surface area contributed by atoms with Gasteiger partial charge in [0.25, 0.3) is 0 Å². The van der Waals surface area contributed by atoms with Gasteiger partial charge in [0.15, 0.2) is 0 Å². The molecule has 0 fully saturated rings. The average Bonchev–Trinajstić information content (AvgIpc) is 2.22. The van der Waals surface area contributed by atoms with Crippen LogP contribution < -0.4 is 5.73 Å². The fraction of sp³-hybridized carbons (Fsp3) is 0.200. The molecule has 1 aromatic carbocycles. The minimum absolute atomic E-state index is 0.575. The van der Waals surface area contributed by atoms with Crippen LogP contribution in [0.4, 0.5) is 0 Å². The first-order chi connectivity index (χ1) is 7.99. The molecule has 0 spiro atoms. The van der Waals surface area contributed by atoms with Gasteiger partial charge in [0.05, 0.1) is 0 Å². The van der Waals surface area contributed by atoms with Crippen molar-refractivity contribution >= 4 is 11.6 Å². The highest BCUT2D eigenvalue weighted by atomic mass is 35.5. The first kappa shape index (κ1) is 13.6. The number of rotatable bonds is 4. The quantitative estimate of drug-likeness (QED) is 0.795. The number of benzene rings is 1. The molecule has 2 N–H and O–H groups in total. The van der Waals surface area contributed by atoms with E-state index in [0.717, 1.165) is 17.0 Å². The van der Waals surface area contributed by atoms with Crippen LogP contribution in [0.2, 0.25) is 5.02 Å². The fourth-order valence-corrected chi connectivity index (χ4v) is 1.77. The summed E-state index contributed by atoms with van der Waals surface area (Å²) < 4.78 is 0. The van der Waals surface area contributed by atoms with E-state index in [9.17, 15) is 0 Å². The Hall–Kier alpha value is -1.47. The SMILES string of the molecule is C=C(N)/C=C(C)\C=C/Cc1cc(Cl)ccc1C. The number of halogens is 1. The van der Waals surface area contributed by atoms with E-state index in [1.807, 2.05) is 37.3 Å². The zero-order chi connectivity index (χ0) is 12.8. The molecule has 0 amide bonds. The highest BCUT2D eigenvalue weighted by Crippen LogP contribution is 2.16. The summed E-state index contributed by atoms with van der Waals surface area (Å²) in [5.41, 5.74) is 9.66. The molecular weight excluding hydrogens is 230 g/mol. The smallest absolute Gasteiger partial charge is 0.0409 e. The molecule has 0 bridgehead atoms. The molecule has 0 atom stereocenters. The third-order valence-electron chi connectivity index (χ3n) is 2.44. The Balaban J connectivity index is 2.70. The average molecular weight is 248 g/mol. The summed E-state index contributed by atoms with van der Waals surface area (Å²) in [5.74, 6) is 0. The molecule has 0 aliphatic heterocycles. The van der Waals surface area contributed by atoms with Crippen molar-refractivity contribution in [2.45, 2.75) is 20.3 Å². The first-order valence-corrected chi connectivity index (χ1v) is 5.91. The van der Waals surface area contributed by atoms with E-state index < -0.39 is 0 Å². The third kappa shape index (κ3) is 4.92. The summed E-state index contributed by atoms with van der Waals surface area (Å²) >= 11 is 5.96. The summed E-state index contributed by atoms with van der Waals surface area (Å²) in [5, 5.41) is 0.779. The number of allylic oxidation sites excluding steroid dienone is 4. The van der Waals surface area contributed by atoms with Crippen molar-refractivity contribution in [1.82, 2.24) is 0 Å². The van der Waals surface area contributed by atoms with E-state index in [2.05, 4.69) is 19.6 Å². The van der Waals surface area contributed by atoms with E-state index in [-0.39, 0.29) is 0 Å². The molecule has 0 aliphatic rings. The van der Waals surface area contributed by atoms with Gasteiger partial charge in [-0.3, -0.25) is 0 Å². The second kappa shape index (κ2) is 6.31. The molecular formula is C15H18ClN. The lowest BCUT2D eigenvalue weighted by molar-refractivity contribution is 1.21. The summed E-state index contributed by atoms with van der Waals surface area (Å²) in [4.78, 5) is 0. The topological polar surface area (TPSA) is 26.0 Å². The molecule has 0 heterocycles. The van der Waals surface area contributed by atoms with Gasteiger partial charge in [0.2, 0.25) is 0 Å². The molecule has 2 heteroatoms. The van der Waals surface area contributed by atoms with E-state index in [0.29, 0.717) is 5.70 Å². The summed E-state index contributed by atoms with van der Waals surface area (Å²) in [6.45, 7) is 7.72. The Morgan fingerprint density at radius 1 is 1.47 bits per heavy atom. The van der Waals surface area contributed by atoms with Crippen LogP contribution in [0.15, 0.2) is 54.3 Å². The lowest BCUT2D eigenvalue weighted by Crippen LogP contribution is -1.90. The van der Waals surface area contributed by atoms with Gasteiger partial charge in [-0.2, -0.15) is 0 Å². The van der Waals surface area contributed by atoms with E-state index >= 15 is 0 Å². The minimum atomic E-state index is 0.575. The molecule has 0 saturated heterocycles. The van der Waals surface area contributed by atoms with Crippen molar-refractivity contribution in [2.75, 3.05) is 0 Å². The van der Waals surface area contributed by atoms with E-state index in [1.54, 1.807) is 0 Å². The highest BCUT2D eigenvalue weighted by Gasteiger charge is 1.96. The maximum absolute atomic E-state index is 5.96. The molecule has 1 rings (SSSR count). The van der Waals surface area contributed by atoms with Crippen molar-refractivity contribution in [3.8, 4) is 0 Å². The van der Waals surface area contributed by atoms with Gasteiger partial charge in [0, 0.05) is 10.7 Å². The van der Waals surface area contributed by atoms with Gasteiger partial charge in [-0.15, -0.1) is 0 Å². The molecule has 0 aromatic heterocycles. The van der Waals surface area contributed by atoms with Crippen molar-refractivity contribution < 1.29 is 0 Å². The first-order valence-electron chi connectivity index (χ1n) is 5.53. The van der Waals surface area contributed by atoms with Crippen LogP contribution in [0.1, 0.15) is 18.1 Å². The predicted octanol–water partition coefficient (Wildman–Crippen LogP) is 4.17. The maximum atomic E-state index is 5.96. The maximum Gasteiger partial charge on any atom is 0.0409 e.